The first kappa shape index (κ1) is 21.2. The molecule has 1 amide bonds. The molecule has 1 aliphatic heterocycles. The zero-order valence-electron chi connectivity index (χ0n) is 17.6. The number of carbonyl (C=O) groups is 1. The van der Waals surface area contributed by atoms with Crippen LogP contribution < -0.4 is 5.32 Å². The summed E-state index contributed by atoms with van der Waals surface area (Å²) in [5, 5.41) is 3.76. The number of hydrogen-bond donors (Lipinski definition) is 1. The van der Waals surface area contributed by atoms with Gasteiger partial charge in [-0.2, -0.15) is 0 Å². The number of aromatic nitrogens is 4. The molecular weight excluding hydrogens is 412 g/mol. The van der Waals surface area contributed by atoms with Crippen molar-refractivity contribution >= 4 is 23.5 Å². The summed E-state index contributed by atoms with van der Waals surface area (Å²) in [6.07, 6.45) is 8.55. The smallest absolute Gasteiger partial charge is 0.255 e. The van der Waals surface area contributed by atoms with Gasteiger partial charge in [0.25, 0.3) is 5.91 Å². The third-order valence-corrected chi connectivity index (χ3v) is 5.95. The van der Waals surface area contributed by atoms with Gasteiger partial charge in [-0.3, -0.25) is 4.79 Å². The number of benzene rings is 1. The van der Waals surface area contributed by atoms with Gasteiger partial charge in [-0.15, -0.1) is 0 Å². The lowest BCUT2D eigenvalue weighted by molar-refractivity contribution is 0.0540. The van der Waals surface area contributed by atoms with Crippen LogP contribution in [0.4, 0.5) is 5.95 Å². The Bertz CT molecular complexity index is 1040. The van der Waals surface area contributed by atoms with Crippen LogP contribution in [0.25, 0.3) is 11.4 Å². The molecule has 8 heteroatoms. The normalized spacial score (nSPS) is 18.6. The van der Waals surface area contributed by atoms with Crippen molar-refractivity contribution in [2.75, 3.05) is 18.4 Å². The van der Waals surface area contributed by atoms with Crippen molar-refractivity contribution in [1.82, 2.24) is 24.8 Å². The summed E-state index contributed by atoms with van der Waals surface area (Å²) in [6.45, 7) is 5.42. The highest BCUT2D eigenvalue weighted by atomic mass is 35.5. The average Bonchev–Trinajstić information content (AvgIpc) is 2.79. The first-order valence-corrected chi connectivity index (χ1v) is 10.8. The molecule has 1 N–H and O–H groups in total. The molecule has 31 heavy (non-hydrogen) atoms. The van der Waals surface area contributed by atoms with Crippen molar-refractivity contribution in [3.8, 4) is 11.4 Å². The number of anilines is 1. The lowest BCUT2D eigenvalue weighted by Crippen LogP contribution is -2.51. The molecule has 3 aromatic rings. The van der Waals surface area contributed by atoms with E-state index in [0.29, 0.717) is 41.4 Å². The molecule has 2 aromatic heterocycles. The minimum atomic E-state index is 0.0101. The molecule has 160 valence electrons. The van der Waals surface area contributed by atoms with Crippen LogP contribution in [0.3, 0.4) is 0 Å². The third kappa shape index (κ3) is 4.66. The predicted octanol–water partition coefficient (Wildman–Crippen LogP) is 4.25. The van der Waals surface area contributed by atoms with E-state index in [0.717, 1.165) is 24.0 Å². The monoisotopic (exact) mass is 436 g/mol. The second-order valence-electron chi connectivity index (χ2n) is 7.86. The molecule has 0 aliphatic carbocycles. The van der Waals surface area contributed by atoms with E-state index in [-0.39, 0.29) is 11.9 Å². The largest absolute Gasteiger partial charge is 0.352 e. The molecule has 1 aromatic carbocycles. The van der Waals surface area contributed by atoms with Crippen molar-refractivity contribution in [3.05, 3.63) is 65.2 Å². The molecular formula is C23H25ClN6O. The maximum atomic E-state index is 13.8. The highest BCUT2D eigenvalue weighted by molar-refractivity contribution is 6.30. The quantitative estimate of drug-likeness (QED) is 0.643. The SMILES string of the molecule is Cc1cccc(-c2ncccn2)c1C(=O)N1CCCC(C)C1CNc1ncc(Cl)cn1. The fraction of sp³-hybridized carbons (Fsp3) is 0.348. The lowest BCUT2D eigenvalue weighted by Gasteiger charge is -2.40. The first-order valence-electron chi connectivity index (χ1n) is 10.4. The molecule has 0 radical (unpaired) electrons. The second-order valence-corrected chi connectivity index (χ2v) is 8.30. The zero-order valence-corrected chi connectivity index (χ0v) is 18.4. The Hall–Kier alpha value is -3.06. The number of carbonyl (C=O) groups excluding carboxylic acids is 1. The van der Waals surface area contributed by atoms with Gasteiger partial charge in [-0.1, -0.05) is 36.7 Å². The van der Waals surface area contributed by atoms with Crippen LogP contribution in [0.5, 0.6) is 0 Å². The minimum absolute atomic E-state index is 0.0101. The number of piperidine rings is 1. The number of rotatable bonds is 5. The maximum absolute atomic E-state index is 13.8. The third-order valence-electron chi connectivity index (χ3n) is 5.76. The van der Waals surface area contributed by atoms with Gasteiger partial charge in [0, 0.05) is 31.0 Å². The summed E-state index contributed by atoms with van der Waals surface area (Å²) in [5.41, 5.74) is 2.34. The summed E-state index contributed by atoms with van der Waals surface area (Å²) in [4.78, 5) is 33.0. The molecule has 0 saturated carbocycles. The minimum Gasteiger partial charge on any atom is -0.352 e. The number of likely N-dealkylation sites (tertiary alicyclic amines) is 1. The van der Waals surface area contributed by atoms with E-state index in [2.05, 4.69) is 32.2 Å². The van der Waals surface area contributed by atoms with Crippen molar-refractivity contribution in [2.45, 2.75) is 32.7 Å². The summed E-state index contributed by atoms with van der Waals surface area (Å²) >= 11 is 5.88. The molecule has 0 spiro atoms. The number of amides is 1. The number of nitrogens with zero attached hydrogens (tertiary/aromatic N) is 5. The highest BCUT2D eigenvalue weighted by Gasteiger charge is 2.34. The molecule has 2 atom stereocenters. The number of nitrogens with one attached hydrogen (secondary N) is 1. The van der Waals surface area contributed by atoms with Gasteiger partial charge in [-0.25, -0.2) is 19.9 Å². The van der Waals surface area contributed by atoms with Crippen LogP contribution in [0.2, 0.25) is 5.02 Å². The topological polar surface area (TPSA) is 83.9 Å². The van der Waals surface area contributed by atoms with E-state index in [1.54, 1.807) is 30.9 Å². The number of hydrogen-bond acceptors (Lipinski definition) is 6. The Balaban J connectivity index is 1.62. The van der Waals surface area contributed by atoms with E-state index in [1.807, 2.05) is 30.0 Å². The van der Waals surface area contributed by atoms with Crippen LogP contribution in [-0.4, -0.2) is 49.9 Å². The standard InChI is InChI=1S/C23H25ClN6O/c1-15-7-4-11-30(19(15)14-29-23-27-12-17(24)13-28-23)22(31)20-16(2)6-3-8-18(20)21-25-9-5-10-26-21/h3,5-6,8-10,12-13,15,19H,4,7,11,14H2,1-2H3,(H,27,28,29). The molecule has 3 heterocycles. The van der Waals surface area contributed by atoms with Crippen molar-refractivity contribution in [3.63, 3.8) is 0 Å². The predicted molar refractivity (Wildman–Crippen MR) is 121 cm³/mol. The van der Waals surface area contributed by atoms with Gasteiger partial charge in [0.05, 0.1) is 29.0 Å². The fourth-order valence-corrected chi connectivity index (χ4v) is 4.23. The van der Waals surface area contributed by atoms with Gasteiger partial charge >= 0.3 is 0 Å². The first-order chi connectivity index (χ1) is 15.0. The van der Waals surface area contributed by atoms with Gasteiger partial charge in [-0.05, 0) is 37.3 Å². The van der Waals surface area contributed by atoms with Crippen LogP contribution in [0.15, 0.2) is 49.1 Å². The van der Waals surface area contributed by atoms with E-state index >= 15 is 0 Å². The van der Waals surface area contributed by atoms with Crippen molar-refractivity contribution in [2.24, 2.45) is 5.92 Å². The van der Waals surface area contributed by atoms with E-state index < -0.39 is 0 Å². The van der Waals surface area contributed by atoms with Crippen LogP contribution in [0.1, 0.15) is 35.7 Å². The van der Waals surface area contributed by atoms with Crippen molar-refractivity contribution in [1.29, 1.82) is 0 Å². The van der Waals surface area contributed by atoms with Crippen molar-refractivity contribution < 1.29 is 4.79 Å². The summed E-state index contributed by atoms with van der Waals surface area (Å²) in [7, 11) is 0. The van der Waals surface area contributed by atoms with Crippen LogP contribution in [-0.2, 0) is 0 Å². The Labute approximate surface area is 186 Å². The lowest BCUT2D eigenvalue weighted by atomic mass is 9.89. The average molecular weight is 437 g/mol. The number of aryl methyl sites for hydroxylation is 1. The number of halogens is 1. The molecule has 7 nitrogen and oxygen atoms in total. The molecule has 1 fully saturated rings. The van der Waals surface area contributed by atoms with Gasteiger partial charge in [0.2, 0.25) is 5.95 Å². The van der Waals surface area contributed by atoms with Gasteiger partial charge in [0.1, 0.15) is 0 Å². The summed E-state index contributed by atoms with van der Waals surface area (Å²) < 4.78 is 0. The fourth-order valence-electron chi connectivity index (χ4n) is 4.13. The second kappa shape index (κ2) is 9.39. The molecule has 1 saturated heterocycles. The Morgan fingerprint density at radius 1 is 1.16 bits per heavy atom. The zero-order chi connectivity index (χ0) is 21.8. The summed E-state index contributed by atoms with van der Waals surface area (Å²) in [6, 6.07) is 7.60. The van der Waals surface area contributed by atoms with E-state index in [1.165, 1.54) is 0 Å². The summed E-state index contributed by atoms with van der Waals surface area (Å²) in [5.74, 6) is 1.42. The Morgan fingerprint density at radius 2 is 1.90 bits per heavy atom. The van der Waals surface area contributed by atoms with E-state index in [4.69, 9.17) is 11.6 Å². The molecule has 2 unspecified atom stereocenters. The maximum Gasteiger partial charge on any atom is 0.255 e. The van der Waals surface area contributed by atoms with Crippen LogP contribution in [0, 0.1) is 12.8 Å². The molecule has 4 rings (SSSR count). The highest BCUT2D eigenvalue weighted by Crippen LogP contribution is 2.30. The molecule has 1 aliphatic rings. The van der Waals surface area contributed by atoms with E-state index in [9.17, 15) is 4.79 Å². The Kier molecular flexibility index (Phi) is 6.42. The Morgan fingerprint density at radius 3 is 2.65 bits per heavy atom. The van der Waals surface area contributed by atoms with Gasteiger partial charge < -0.3 is 10.2 Å². The van der Waals surface area contributed by atoms with Gasteiger partial charge in [0.15, 0.2) is 5.82 Å². The molecule has 0 bridgehead atoms. The van der Waals surface area contributed by atoms with Crippen LogP contribution >= 0.6 is 11.6 Å².